The van der Waals surface area contributed by atoms with Crippen LogP contribution in [0, 0.1) is 0 Å². The molecule has 0 aliphatic rings. The van der Waals surface area contributed by atoms with Gasteiger partial charge in [0.15, 0.2) is 0 Å². The molecule has 0 unspecified atom stereocenters. The number of aliphatic carboxylic acids is 1. The first-order valence-electron chi connectivity index (χ1n) is 3.79. The van der Waals surface area contributed by atoms with Gasteiger partial charge in [0.1, 0.15) is 5.82 Å². The molecule has 4 heteroatoms. The number of hydrogen-bond donors (Lipinski definition) is 2. The standard InChI is InChI=1S/C9H10N2O2/c10-8-5-1-3-7(11-8)4-2-6-9(12)13/h1-5H,6H2,(H2,10,11)(H,12,13). The lowest BCUT2D eigenvalue weighted by Gasteiger charge is -1.93. The van der Waals surface area contributed by atoms with Gasteiger partial charge in [-0.05, 0) is 18.2 Å². The maximum atomic E-state index is 10.2. The second kappa shape index (κ2) is 4.25. The van der Waals surface area contributed by atoms with Crippen LogP contribution in [0.2, 0.25) is 0 Å². The van der Waals surface area contributed by atoms with E-state index in [0.717, 1.165) is 0 Å². The highest BCUT2D eigenvalue weighted by molar-refractivity contribution is 5.70. The Labute approximate surface area is 75.7 Å². The normalized spacial score (nSPS) is 10.5. The van der Waals surface area contributed by atoms with E-state index in [9.17, 15) is 4.79 Å². The van der Waals surface area contributed by atoms with E-state index >= 15 is 0 Å². The number of nitrogens with two attached hydrogens (primary N) is 1. The van der Waals surface area contributed by atoms with Crippen molar-refractivity contribution in [3.63, 3.8) is 0 Å². The van der Waals surface area contributed by atoms with Gasteiger partial charge in [0.25, 0.3) is 0 Å². The second-order valence-corrected chi connectivity index (χ2v) is 2.49. The predicted molar refractivity (Wildman–Crippen MR) is 49.9 cm³/mol. The lowest BCUT2D eigenvalue weighted by molar-refractivity contribution is -0.135. The Bertz CT molecular complexity index is 334. The Morgan fingerprint density at radius 1 is 1.62 bits per heavy atom. The minimum atomic E-state index is -0.861. The minimum Gasteiger partial charge on any atom is -0.481 e. The first-order valence-corrected chi connectivity index (χ1v) is 3.79. The number of nitrogen functional groups attached to an aromatic ring is 1. The van der Waals surface area contributed by atoms with Gasteiger partial charge in [-0.3, -0.25) is 4.79 Å². The summed E-state index contributed by atoms with van der Waals surface area (Å²) >= 11 is 0. The molecule has 1 aromatic rings. The van der Waals surface area contributed by atoms with Crippen molar-refractivity contribution < 1.29 is 9.90 Å². The Morgan fingerprint density at radius 2 is 2.38 bits per heavy atom. The third-order valence-corrected chi connectivity index (χ3v) is 1.37. The first kappa shape index (κ1) is 9.25. The van der Waals surface area contributed by atoms with E-state index in [0.29, 0.717) is 11.5 Å². The van der Waals surface area contributed by atoms with Gasteiger partial charge in [0, 0.05) is 0 Å². The molecular formula is C9H10N2O2. The molecule has 0 fully saturated rings. The number of hydrogen-bond acceptors (Lipinski definition) is 3. The van der Waals surface area contributed by atoms with Gasteiger partial charge in [-0.25, -0.2) is 4.98 Å². The fraction of sp³-hybridized carbons (Fsp3) is 0.111. The molecule has 0 amide bonds. The number of carbonyl (C=O) groups is 1. The average Bonchev–Trinajstić information content (AvgIpc) is 2.03. The van der Waals surface area contributed by atoms with Gasteiger partial charge in [-0.2, -0.15) is 0 Å². The predicted octanol–water partition coefficient (Wildman–Crippen LogP) is 1.15. The van der Waals surface area contributed by atoms with Gasteiger partial charge in [-0.15, -0.1) is 0 Å². The molecule has 0 saturated heterocycles. The molecule has 1 heterocycles. The summed E-state index contributed by atoms with van der Waals surface area (Å²) in [5.41, 5.74) is 6.10. The highest BCUT2D eigenvalue weighted by Crippen LogP contribution is 2.02. The molecular weight excluding hydrogens is 168 g/mol. The number of aromatic nitrogens is 1. The molecule has 0 radical (unpaired) electrons. The molecule has 0 saturated carbocycles. The largest absolute Gasteiger partial charge is 0.481 e. The van der Waals surface area contributed by atoms with Gasteiger partial charge in [0.05, 0.1) is 12.1 Å². The van der Waals surface area contributed by atoms with Crippen LogP contribution in [0.25, 0.3) is 6.08 Å². The minimum absolute atomic E-state index is 0.00349. The lowest BCUT2D eigenvalue weighted by Crippen LogP contribution is -1.92. The van der Waals surface area contributed by atoms with Crippen molar-refractivity contribution in [2.24, 2.45) is 0 Å². The summed E-state index contributed by atoms with van der Waals surface area (Å²) in [5, 5.41) is 8.35. The van der Waals surface area contributed by atoms with Crippen LogP contribution in [-0.2, 0) is 4.79 Å². The third kappa shape index (κ3) is 3.37. The number of rotatable bonds is 3. The van der Waals surface area contributed by atoms with Crippen LogP contribution in [0.4, 0.5) is 5.82 Å². The number of pyridine rings is 1. The van der Waals surface area contributed by atoms with Crippen molar-refractivity contribution in [1.82, 2.24) is 4.98 Å². The van der Waals surface area contributed by atoms with Crippen molar-refractivity contribution in [3.8, 4) is 0 Å². The molecule has 1 aromatic heterocycles. The van der Waals surface area contributed by atoms with E-state index in [-0.39, 0.29) is 6.42 Å². The molecule has 68 valence electrons. The van der Waals surface area contributed by atoms with Gasteiger partial charge in [0.2, 0.25) is 0 Å². The van der Waals surface area contributed by atoms with Crippen LogP contribution in [0.3, 0.4) is 0 Å². The van der Waals surface area contributed by atoms with E-state index in [1.807, 2.05) is 0 Å². The quantitative estimate of drug-likeness (QED) is 0.727. The molecule has 1 rings (SSSR count). The van der Waals surface area contributed by atoms with Crippen LogP contribution in [0.5, 0.6) is 0 Å². The maximum absolute atomic E-state index is 10.2. The Hall–Kier alpha value is -1.84. The van der Waals surface area contributed by atoms with Crippen LogP contribution in [-0.4, -0.2) is 16.1 Å². The van der Waals surface area contributed by atoms with Crippen molar-refractivity contribution in [3.05, 3.63) is 30.0 Å². The van der Waals surface area contributed by atoms with Gasteiger partial charge in [-0.1, -0.05) is 12.1 Å². The Kier molecular flexibility index (Phi) is 3.03. The lowest BCUT2D eigenvalue weighted by atomic mass is 10.3. The Balaban J connectivity index is 2.63. The summed E-state index contributed by atoms with van der Waals surface area (Å²) in [6.45, 7) is 0. The number of nitrogens with zero attached hydrogens (tertiary/aromatic N) is 1. The highest BCUT2D eigenvalue weighted by atomic mass is 16.4. The summed E-state index contributed by atoms with van der Waals surface area (Å²) in [5.74, 6) is -0.433. The topological polar surface area (TPSA) is 76.2 Å². The van der Waals surface area contributed by atoms with E-state index in [1.54, 1.807) is 24.3 Å². The zero-order valence-corrected chi connectivity index (χ0v) is 6.97. The molecule has 3 N–H and O–H groups in total. The number of anilines is 1. The molecule has 0 bridgehead atoms. The average molecular weight is 178 g/mol. The summed E-state index contributed by atoms with van der Waals surface area (Å²) < 4.78 is 0. The number of carboxylic acids is 1. The molecule has 13 heavy (non-hydrogen) atoms. The summed E-state index contributed by atoms with van der Waals surface area (Å²) in [6.07, 6.45) is 3.16. The van der Waals surface area contributed by atoms with Gasteiger partial charge < -0.3 is 10.8 Å². The van der Waals surface area contributed by atoms with E-state index < -0.39 is 5.97 Å². The summed E-state index contributed by atoms with van der Waals surface area (Å²) in [4.78, 5) is 14.1. The van der Waals surface area contributed by atoms with E-state index in [4.69, 9.17) is 10.8 Å². The molecule has 0 aliphatic carbocycles. The molecule has 0 aromatic carbocycles. The molecule has 0 atom stereocenters. The van der Waals surface area contributed by atoms with Crippen molar-refractivity contribution in [2.75, 3.05) is 5.73 Å². The van der Waals surface area contributed by atoms with Crippen LogP contribution < -0.4 is 5.73 Å². The maximum Gasteiger partial charge on any atom is 0.307 e. The van der Waals surface area contributed by atoms with Crippen molar-refractivity contribution in [2.45, 2.75) is 6.42 Å². The smallest absolute Gasteiger partial charge is 0.307 e. The van der Waals surface area contributed by atoms with Crippen molar-refractivity contribution in [1.29, 1.82) is 0 Å². The Morgan fingerprint density at radius 3 is 3.00 bits per heavy atom. The first-order chi connectivity index (χ1) is 6.18. The fourth-order valence-corrected chi connectivity index (χ4v) is 0.842. The molecule has 4 nitrogen and oxygen atoms in total. The second-order valence-electron chi connectivity index (χ2n) is 2.49. The van der Waals surface area contributed by atoms with Gasteiger partial charge >= 0.3 is 5.97 Å². The van der Waals surface area contributed by atoms with Crippen LogP contribution in [0.15, 0.2) is 24.3 Å². The summed E-state index contributed by atoms with van der Waals surface area (Å²) in [6, 6.07) is 5.20. The monoisotopic (exact) mass is 178 g/mol. The zero-order valence-electron chi connectivity index (χ0n) is 6.97. The zero-order chi connectivity index (χ0) is 9.68. The van der Waals surface area contributed by atoms with Crippen LogP contribution >= 0.6 is 0 Å². The third-order valence-electron chi connectivity index (χ3n) is 1.37. The van der Waals surface area contributed by atoms with Crippen LogP contribution in [0.1, 0.15) is 12.1 Å². The van der Waals surface area contributed by atoms with E-state index in [1.165, 1.54) is 6.08 Å². The van der Waals surface area contributed by atoms with E-state index in [2.05, 4.69) is 4.98 Å². The highest BCUT2D eigenvalue weighted by Gasteiger charge is 1.91. The molecule has 0 aliphatic heterocycles. The molecule has 0 spiro atoms. The SMILES string of the molecule is Nc1cccc(C=CCC(=O)O)n1. The fourth-order valence-electron chi connectivity index (χ4n) is 0.842. The number of carboxylic acid groups (broad SMARTS) is 1. The summed E-state index contributed by atoms with van der Waals surface area (Å²) in [7, 11) is 0. The van der Waals surface area contributed by atoms with Crippen molar-refractivity contribution >= 4 is 17.9 Å².